The first kappa shape index (κ1) is 11.5. The molecule has 0 saturated carbocycles. The van der Waals surface area contributed by atoms with Crippen LogP contribution in [0, 0.1) is 11.8 Å². The molecule has 0 aliphatic heterocycles. The Morgan fingerprint density at radius 2 is 1.58 bits per heavy atom. The first-order chi connectivity index (χ1) is 5.80. The van der Waals surface area contributed by atoms with Crippen LogP contribution in [0.1, 0.15) is 27.1 Å². The molecular formula is C10H22N2. The van der Waals surface area contributed by atoms with E-state index in [1.807, 2.05) is 0 Å². The van der Waals surface area contributed by atoms with Crippen molar-refractivity contribution in [3.63, 3.8) is 0 Å². The van der Waals surface area contributed by atoms with Gasteiger partial charge in [-0.3, -0.25) is 0 Å². The molecule has 0 bridgehead atoms. The van der Waals surface area contributed by atoms with Gasteiger partial charge in [0.05, 0.1) is 0 Å². The number of hydrogen-bond donors (Lipinski definition) is 1. The Balaban J connectivity index is 0. The molecule has 12 heavy (non-hydrogen) atoms. The van der Waals surface area contributed by atoms with E-state index in [2.05, 4.69) is 36.6 Å². The first-order valence-electron chi connectivity index (χ1n) is 4.50. The summed E-state index contributed by atoms with van der Waals surface area (Å²) in [7, 11) is 5.80. The zero-order valence-electron chi connectivity index (χ0n) is 8.43. The summed E-state index contributed by atoms with van der Waals surface area (Å²) in [6, 6.07) is 0.752. The monoisotopic (exact) mass is 170 g/mol. The molecule has 72 valence electrons. The number of hydrogen-bond acceptors (Lipinski definition) is 2. The third-order valence-electron chi connectivity index (χ3n) is 2.06. The van der Waals surface area contributed by atoms with Crippen LogP contribution in [0.2, 0.25) is 0 Å². The van der Waals surface area contributed by atoms with Gasteiger partial charge in [-0.2, -0.15) is 0 Å². The highest BCUT2D eigenvalue weighted by Crippen LogP contribution is 2.11. The molecule has 0 unspecified atom stereocenters. The minimum atomic E-state index is 0. The van der Waals surface area contributed by atoms with E-state index in [0.29, 0.717) is 0 Å². The lowest BCUT2D eigenvalue weighted by Gasteiger charge is -2.21. The summed E-state index contributed by atoms with van der Waals surface area (Å²) in [6.07, 6.45) is 4.67. The highest BCUT2D eigenvalue weighted by molar-refractivity contribution is 5.02. The summed E-state index contributed by atoms with van der Waals surface area (Å²) < 4.78 is 0. The molecule has 0 radical (unpaired) electrons. The molecule has 0 heterocycles. The van der Waals surface area contributed by atoms with E-state index in [-0.39, 0.29) is 1.43 Å². The molecule has 0 saturated heterocycles. The lowest BCUT2D eigenvalue weighted by Crippen LogP contribution is -2.27. The largest absolute Gasteiger partial charge is 0.333 e. The molecular weight excluding hydrogens is 148 g/mol. The molecule has 0 aromatic carbocycles. The molecule has 0 fully saturated rings. The van der Waals surface area contributed by atoms with Crippen molar-refractivity contribution in [2.75, 3.05) is 21.1 Å². The predicted molar refractivity (Wildman–Crippen MR) is 55.9 cm³/mol. The van der Waals surface area contributed by atoms with Crippen molar-refractivity contribution in [2.24, 2.45) is 5.73 Å². The van der Waals surface area contributed by atoms with E-state index < -0.39 is 0 Å². The molecule has 0 aromatic rings. The molecule has 0 amide bonds. The molecule has 2 heteroatoms. The number of rotatable bonds is 1. The summed E-state index contributed by atoms with van der Waals surface area (Å²) in [5.74, 6) is 6.31. The van der Waals surface area contributed by atoms with E-state index in [1.54, 1.807) is 0 Å². The minimum Gasteiger partial charge on any atom is -0.333 e. The van der Waals surface area contributed by atoms with Crippen LogP contribution in [0.5, 0.6) is 0 Å². The Morgan fingerprint density at radius 3 is 1.92 bits per heavy atom. The second-order valence-electron chi connectivity index (χ2n) is 3.05. The van der Waals surface area contributed by atoms with E-state index in [4.69, 9.17) is 0 Å². The van der Waals surface area contributed by atoms with E-state index in [9.17, 15) is 0 Å². The maximum Gasteiger partial charge on any atom is 0.0107 e. The maximum atomic E-state index is 4.50. The summed E-state index contributed by atoms with van der Waals surface area (Å²) in [6.45, 7) is 0. The molecule has 0 atom stereocenters. The fraction of sp³-hybridized carbons (Fsp3) is 0.800. The van der Waals surface area contributed by atoms with E-state index in [0.717, 1.165) is 18.9 Å². The summed E-state index contributed by atoms with van der Waals surface area (Å²) in [4.78, 5) is 2.30. The second-order valence-corrected chi connectivity index (χ2v) is 3.05. The quantitative estimate of drug-likeness (QED) is 0.601. The van der Waals surface area contributed by atoms with Crippen molar-refractivity contribution in [1.29, 1.82) is 0 Å². The maximum absolute atomic E-state index is 4.50. The highest BCUT2D eigenvalue weighted by Gasteiger charge is 2.10. The standard InChI is InChI=1S/C9H15N.CH5N.H2/c1-10(2)9-7-5-3-4-6-8-9;1-2;/h9H,5-8H2,1-2H3;2H2,1H3;1H. The summed E-state index contributed by atoms with van der Waals surface area (Å²) in [5.41, 5.74) is 4.50. The topological polar surface area (TPSA) is 29.3 Å². The highest BCUT2D eigenvalue weighted by atomic mass is 15.1. The van der Waals surface area contributed by atoms with Gasteiger partial charge in [-0.25, -0.2) is 0 Å². The van der Waals surface area contributed by atoms with Crippen molar-refractivity contribution < 1.29 is 1.43 Å². The van der Waals surface area contributed by atoms with E-state index >= 15 is 0 Å². The van der Waals surface area contributed by atoms with Gasteiger partial charge in [-0.15, -0.1) is 11.8 Å². The smallest absolute Gasteiger partial charge is 0.0107 e. The fourth-order valence-corrected chi connectivity index (χ4v) is 1.32. The van der Waals surface area contributed by atoms with Crippen molar-refractivity contribution >= 4 is 0 Å². The van der Waals surface area contributed by atoms with Crippen molar-refractivity contribution in [1.82, 2.24) is 4.90 Å². The van der Waals surface area contributed by atoms with Crippen LogP contribution < -0.4 is 5.73 Å². The van der Waals surface area contributed by atoms with Gasteiger partial charge >= 0.3 is 0 Å². The van der Waals surface area contributed by atoms with Gasteiger partial charge in [0.2, 0.25) is 0 Å². The Morgan fingerprint density at radius 1 is 1.17 bits per heavy atom. The Labute approximate surface area is 77.6 Å². The van der Waals surface area contributed by atoms with Crippen LogP contribution in [0.25, 0.3) is 0 Å². The average Bonchev–Trinajstić information content (AvgIpc) is 2.35. The van der Waals surface area contributed by atoms with Gasteiger partial charge < -0.3 is 10.6 Å². The molecule has 0 aromatic heterocycles. The van der Waals surface area contributed by atoms with Gasteiger partial charge in [0.25, 0.3) is 0 Å². The fourth-order valence-electron chi connectivity index (χ4n) is 1.32. The molecule has 1 rings (SSSR count). The molecule has 2 nitrogen and oxygen atoms in total. The lowest BCUT2D eigenvalue weighted by molar-refractivity contribution is 0.270. The van der Waals surface area contributed by atoms with Gasteiger partial charge in [0.1, 0.15) is 0 Å². The molecule has 2 N–H and O–H groups in total. The zero-order valence-corrected chi connectivity index (χ0v) is 8.43. The van der Waals surface area contributed by atoms with Gasteiger partial charge in [0.15, 0.2) is 0 Å². The average molecular weight is 170 g/mol. The van der Waals surface area contributed by atoms with Crippen molar-refractivity contribution in [3.05, 3.63) is 0 Å². The Kier molecular flexibility index (Phi) is 6.84. The van der Waals surface area contributed by atoms with Crippen LogP contribution in [-0.4, -0.2) is 32.1 Å². The third kappa shape index (κ3) is 4.38. The lowest BCUT2D eigenvalue weighted by atomic mass is 10.1. The zero-order chi connectivity index (χ0) is 9.40. The van der Waals surface area contributed by atoms with Crippen LogP contribution in [-0.2, 0) is 0 Å². The van der Waals surface area contributed by atoms with E-state index in [1.165, 1.54) is 19.9 Å². The Hall–Kier alpha value is -0.520. The van der Waals surface area contributed by atoms with Crippen LogP contribution >= 0.6 is 0 Å². The molecule has 1 aliphatic rings. The van der Waals surface area contributed by atoms with Crippen LogP contribution in [0.3, 0.4) is 0 Å². The number of nitrogens with two attached hydrogens (primary N) is 1. The number of nitrogens with zero attached hydrogens (tertiary/aromatic N) is 1. The van der Waals surface area contributed by atoms with Crippen LogP contribution in [0.15, 0.2) is 0 Å². The third-order valence-corrected chi connectivity index (χ3v) is 2.06. The molecule has 0 spiro atoms. The molecule has 1 aliphatic carbocycles. The van der Waals surface area contributed by atoms with Crippen molar-refractivity contribution in [2.45, 2.75) is 31.7 Å². The SMILES string of the molecule is CN.CN(C)C1CCC#CCC1.[HH]. The van der Waals surface area contributed by atoms with Gasteiger partial charge in [0, 0.05) is 20.3 Å². The summed E-state index contributed by atoms with van der Waals surface area (Å²) in [5, 5.41) is 0. The normalized spacial score (nSPS) is 17.1. The first-order valence-corrected chi connectivity index (χ1v) is 4.50. The Bertz CT molecular complexity index is 146. The van der Waals surface area contributed by atoms with Crippen molar-refractivity contribution in [3.8, 4) is 11.8 Å². The predicted octanol–water partition coefficient (Wildman–Crippen LogP) is 1.31. The van der Waals surface area contributed by atoms with Gasteiger partial charge in [-0.1, -0.05) is 0 Å². The summed E-state index contributed by atoms with van der Waals surface area (Å²) >= 11 is 0. The van der Waals surface area contributed by atoms with Crippen LogP contribution in [0.4, 0.5) is 0 Å². The van der Waals surface area contributed by atoms with Gasteiger partial charge in [-0.05, 0) is 34.0 Å². The second kappa shape index (κ2) is 7.15. The minimum absolute atomic E-state index is 0.